The molecule has 0 saturated carbocycles. The molecule has 2 aromatic rings. The second kappa shape index (κ2) is 4.49. The van der Waals surface area contributed by atoms with Crippen LogP contribution in [0.4, 0.5) is 11.4 Å². The van der Waals surface area contributed by atoms with Gasteiger partial charge in [-0.25, -0.2) is 0 Å². The summed E-state index contributed by atoms with van der Waals surface area (Å²) in [6.07, 6.45) is 0. The van der Waals surface area contributed by atoms with E-state index in [0.717, 1.165) is 0 Å². The number of nitrogen functional groups attached to an aromatic ring is 2. The van der Waals surface area contributed by atoms with E-state index in [1.807, 2.05) is 6.92 Å². The van der Waals surface area contributed by atoms with Gasteiger partial charge in [-0.05, 0) is 36.4 Å². The minimum atomic E-state index is -0.197. The summed E-state index contributed by atoms with van der Waals surface area (Å²) in [5.74, 6) is 0.106. The van der Waals surface area contributed by atoms with Crippen LogP contribution in [-0.2, 0) is 0 Å². The largest absolute Gasteiger partial charge is 0.508 e. The Bertz CT molecular complexity index is 531. The van der Waals surface area contributed by atoms with Gasteiger partial charge in [-0.1, -0.05) is 6.92 Å². The average molecular weight is 244 g/mol. The molecule has 0 heterocycles. The molecule has 4 nitrogen and oxygen atoms in total. The van der Waals surface area contributed by atoms with Crippen molar-refractivity contribution in [2.24, 2.45) is 0 Å². The summed E-state index contributed by atoms with van der Waals surface area (Å²) < 4.78 is 0. The number of rotatable bonds is 2. The molecule has 0 aliphatic heterocycles. The molecular weight excluding hydrogens is 228 g/mol. The van der Waals surface area contributed by atoms with Gasteiger partial charge in [0.05, 0.1) is 0 Å². The number of anilines is 2. The Morgan fingerprint density at radius 2 is 1.22 bits per heavy atom. The second-order valence-corrected chi connectivity index (χ2v) is 4.36. The first-order valence-electron chi connectivity index (χ1n) is 5.66. The number of benzene rings is 2. The Hall–Kier alpha value is -2.36. The number of phenolic OH excluding ortho intramolecular Hbond substituents is 2. The third-order valence-corrected chi connectivity index (χ3v) is 3.04. The molecule has 0 spiro atoms. The first kappa shape index (κ1) is 12.1. The summed E-state index contributed by atoms with van der Waals surface area (Å²) in [4.78, 5) is 0. The lowest BCUT2D eigenvalue weighted by atomic mass is 9.91. The van der Waals surface area contributed by atoms with Gasteiger partial charge in [0.25, 0.3) is 0 Å². The SMILES string of the molecule is CC(c1cc(N)ccc1O)c1cc(N)ccc1O. The Labute approximate surface area is 105 Å². The smallest absolute Gasteiger partial charge is 0.119 e. The normalized spacial score (nSPS) is 10.8. The molecule has 0 atom stereocenters. The molecule has 0 amide bonds. The van der Waals surface area contributed by atoms with Gasteiger partial charge in [-0.15, -0.1) is 0 Å². The number of aromatic hydroxyl groups is 2. The van der Waals surface area contributed by atoms with E-state index in [2.05, 4.69) is 0 Å². The highest BCUT2D eigenvalue weighted by atomic mass is 16.3. The molecule has 94 valence electrons. The van der Waals surface area contributed by atoms with Crippen molar-refractivity contribution in [1.82, 2.24) is 0 Å². The fourth-order valence-electron chi connectivity index (χ4n) is 2.01. The van der Waals surface area contributed by atoms with Crippen molar-refractivity contribution in [3.8, 4) is 11.5 Å². The summed E-state index contributed by atoms with van der Waals surface area (Å²) in [5, 5.41) is 19.7. The van der Waals surface area contributed by atoms with E-state index in [1.165, 1.54) is 0 Å². The first-order valence-corrected chi connectivity index (χ1v) is 5.66. The molecule has 0 aliphatic carbocycles. The summed E-state index contributed by atoms with van der Waals surface area (Å²) in [6, 6.07) is 9.75. The van der Waals surface area contributed by atoms with E-state index >= 15 is 0 Å². The van der Waals surface area contributed by atoms with Crippen molar-refractivity contribution in [1.29, 1.82) is 0 Å². The van der Waals surface area contributed by atoms with E-state index in [-0.39, 0.29) is 17.4 Å². The highest BCUT2D eigenvalue weighted by Gasteiger charge is 2.16. The van der Waals surface area contributed by atoms with E-state index in [4.69, 9.17) is 11.5 Å². The standard InChI is InChI=1S/C14H16N2O2/c1-8(11-6-9(15)2-4-13(11)17)12-7-10(16)3-5-14(12)18/h2-8,17-18H,15-16H2,1H3. The van der Waals surface area contributed by atoms with Crippen LogP contribution < -0.4 is 11.5 Å². The van der Waals surface area contributed by atoms with Crippen molar-refractivity contribution >= 4 is 11.4 Å². The molecule has 0 radical (unpaired) electrons. The molecule has 18 heavy (non-hydrogen) atoms. The van der Waals surface area contributed by atoms with Crippen LogP contribution in [0, 0.1) is 0 Å². The van der Waals surface area contributed by atoms with Crippen LogP contribution in [0.2, 0.25) is 0 Å². The number of phenols is 2. The summed E-state index contributed by atoms with van der Waals surface area (Å²) in [7, 11) is 0. The van der Waals surface area contributed by atoms with Crippen molar-refractivity contribution in [2.75, 3.05) is 11.5 Å². The highest BCUT2D eigenvalue weighted by Crippen LogP contribution is 2.36. The fourth-order valence-corrected chi connectivity index (χ4v) is 2.01. The second-order valence-electron chi connectivity index (χ2n) is 4.36. The van der Waals surface area contributed by atoms with Gasteiger partial charge >= 0.3 is 0 Å². The van der Waals surface area contributed by atoms with Gasteiger partial charge in [-0.2, -0.15) is 0 Å². The minimum absolute atomic E-state index is 0.151. The third kappa shape index (κ3) is 2.18. The predicted octanol–water partition coefficient (Wildman–Crippen LogP) is 2.41. The summed E-state index contributed by atoms with van der Waals surface area (Å²) >= 11 is 0. The molecule has 0 aliphatic rings. The number of nitrogens with two attached hydrogens (primary N) is 2. The van der Waals surface area contributed by atoms with Gasteiger partial charge in [-0.3, -0.25) is 0 Å². The maximum absolute atomic E-state index is 9.86. The van der Waals surface area contributed by atoms with Crippen LogP contribution in [0.5, 0.6) is 11.5 Å². The van der Waals surface area contributed by atoms with Crippen LogP contribution in [0.25, 0.3) is 0 Å². The van der Waals surface area contributed by atoms with Crippen LogP contribution >= 0.6 is 0 Å². The van der Waals surface area contributed by atoms with Crippen molar-refractivity contribution in [2.45, 2.75) is 12.8 Å². The average Bonchev–Trinajstić information content (AvgIpc) is 2.34. The van der Waals surface area contributed by atoms with E-state index in [0.29, 0.717) is 22.5 Å². The molecule has 0 bridgehead atoms. The van der Waals surface area contributed by atoms with Crippen molar-refractivity contribution in [3.63, 3.8) is 0 Å². The van der Waals surface area contributed by atoms with E-state index < -0.39 is 0 Å². The van der Waals surface area contributed by atoms with Crippen molar-refractivity contribution < 1.29 is 10.2 Å². The van der Waals surface area contributed by atoms with Gasteiger partial charge in [0.15, 0.2) is 0 Å². The summed E-state index contributed by atoms with van der Waals surface area (Å²) in [6.45, 7) is 1.88. The number of hydrogen-bond donors (Lipinski definition) is 4. The fraction of sp³-hybridized carbons (Fsp3) is 0.143. The predicted molar refractivity (Wildman–Crippen MR) is 72.6 cm³/mol. The molecule has 6 N–H and O–H groups in total. The zero-order valence-electron chi connectivity index (χ0n) is 10.1. The van der Waals surface area contributed by atoms with E-state index in [1.54, 1.807) is 36.4 Å². The quantitative estimate of drug-likeness (QED) is 0.482. The molecule has 2 rings (SSSR count). The lowest BCUT2D eigenvalue weighted by Crippen LogP contribution is -2.00. The zero-order chi connectivity index (χ0) is 13.3. The first-order chi connectivity index (χ1) is 8.49. The number of hydrogen-bond acceptors (Lipinski definition) is 4. The van der Waals surface area contributed by atoms with E-state index in [9.17, 15) is 10.2 Å². The third-order valence-electron chi connectivity index (χ3n) is 3.04. The van der Waals surface area contributed by atoms with Crippen LogP contribution in [0.15, 0.2) is 36.4 Å². The minimum Gasteiger partial charge on any atom is -0.508 e. The van der Waals surface area contributed by atoms with Gasteiger partial charge in [0, 0.05) is 28.4 Å². The van der Waals surface area contributed by atoms with Crippen LogP contribution in [0.3, 0.4) is 0 Å². The molecule has 0 fully saturated rings. The van der Waals surface area contributed by atoms with Crippen LogP contribution in [-0.4, -0.2) is 10.2 Å². The highest BCUT2D eigenvalue weighted by molar-refractivity contribution is 5.55. The van der Waals surface area contributed by atoms with Gasteiger partial charge < -0.3 is 21.7 Å². The topological polar surface area (TPSA) is 92.5 Å². The molecule has 0 saturated heterocycles. The van der Waals surface area contributed by atoms with Gasteiger partial charge in [0.2, 0.25) is 0 Å². The maximum atomic E-state index is 9.86. The Morgan fingerprint density at radius 3 is 1.61 bits per heavy atom. The monoisotopic (exact) mass is 244 g/mol. The Kier molecular flexibility index (Phi) is 3.02. The van der Waals surface area contributed by atoms with Gasteiger partial charge in [0.1, 0.15) is 11.5 Å². The van der Waals surface area contributed by atoms with Crippen molar-refractivity contribution in [3.05, 3.63) is 47.5 Å². The zero-order valence-corrected chi connectivity index (χ0v) is 10.1. The molecule has 0 aromatic heterocycles. The molecule has 0 unspecified atom stereocenters. The Balaban J connectivity index is 2.50. The molecule has 2 aromatic carbocycles. The maximum Gasteiger partial charge on any atom is 0.119 e. The van der Waals surface area contributed by atoms with Crippen LogP contribution in [0.1, 0.15) is 24.0 Å². The lowest BCUT2D eigenvalue weighted by molar-refractivity contribution is 0.457. The Morgan fingerprint density at radius 1 is 0.833 bits per heavy atom. The lowest BCUT2D eigenvalue weighted by Gasteiger charge is -2.16. The molecule has 4 heteroatoms. The molecular formula is C14H16N2O2. The summed E-state index contributed by atoms with van der Waals surface area (Å²) in [5.41, 5.74) is 13.9.